The van der Waals surface area contributed by atoms with Crippen LogP contribution >= 0.6 is 23.4 Å². The van der Waals surface area contributed by atoms with E-state index in [0.29, 0.717) is 15.8 Å². The Morgan fingerprint density at radius 2 is 1.67 bits per heavy atom. The molecule has 8 nitrogen and oxygen atoms in total. The second-order valence-corrected chi connectivity index (χ2v) is 9.41. The van der Waals surface area contributed by atoms with Crippen LogP contribution in [-0.2, 0) is 19.7 Å². The molecule has 2 aromatic carbocycles. The van der Waals surface area contributed by atoms with Crippen molar-refractivity contribution in [3.8, 4) is 0 Å². The molecular formula is C19H17ClN2O6S2. The number of rotatable bonds is 8. The number of thioether (sulfide) groups is 1. The number of imide groups is 1. The molecule has 1 aliphatic rings. The Hall–Kier alpha value is -2.40. The molecule has 3 rings (SSSR count). The molecule has 1 unspecified atom stereocenters. The summed E-state index contributed by atoms with van der Waals surface area (Å²) in [5.74, 6) is -2.19. The summed E-state index contributed by atoms with van der Waals surface area (Å²) in [6, 6.07) is 10.2. The Bertz CT molecular complexity index is 1050. The van der Waals surface area contributed by atoms with E-state index in [2.05, 4.69) is 4.72 Å². The maximum absolute atomic E-state index is 12.7. The van der Waals surface area contributed by atoms with Gasteiger partial charge in [-0.1, -0.05) is 28.8 Å². The molecule has 2 amide bonds. The van der Waals surface area contributed by atoms with E-state index < -0.39 is 33.8 Å². The minimum absolute atomic E-state index is 0.0884. The zero-order chi connectivity index (χ0) is 21.9. The Labute approximate surface area is 182 Å². The van der Waals surface area contributed by atoms with E-state index in [1.165, 1.54) is 48.2 Å². The highest BCUT2D eigenvalue weighted by atomic mass is 35.5. The van der Waals surface area contributed by atoms with Crippen LogP contribution in [0.5, 0.6) is 0 Å². The zero-order valence-electron chi connectivity index (χ0n) is 15.7. The van der Waals surface area contributed by atoms with Gasteiger partial charge in [-0.3, -0.25) is 9.59 Å². The number of hydroxylamine groups is 2. The minimum atomic E-state index is -4.07. The monoisotopic (exact) mass is 468 g/mol. The maximum Gasteiger partial charge on any atom is 0.351 e. The first-order valence-electron chi connectivity index (χ1n) is 8.71. The van der Waals surface area contributed by atoms with Gasteiger partial charge in [-0.15, -0.1) is 0 Å². The maximum atomic E-state index is 12.7. The van der Waals surface area contributed by atoms with Gasteiger partial charge in [0.05, 0.1) is 16.0 Å². The molecule has 1 N–H and O–H groups in total. The van der Waals surface area contributed by atoms with E-state index in [1.807, 2.05) is 0 Å². The second kappa shape index (κ2) is 9.17. The fraction of sp³-hybridized carbons (Fsp3) is 0.211. The molecule has 0 saturated heterocycles. The second-order valence-electron chi connectivity index (χ2n) is 6.27. The van der Waals surface area contributed by atoms with Crippen LogP contribution in [0.25, 0.3) is 0 Å². The summed E-state index contributed by atoms with van der Waals surface area (Å²) in [6.45, 7) is 0. The highest BCUT2D eigenvalue weighted by Gasteiger charge is 2.40. The van der Waals surface area contributed by atoms with E-state index in [0.717, 1.165) is 0 Å². The van der Waals surface area contributed by atoms with E-state index in [1.54, 1.807) is 18.4 Å². The molecule has 0 bridgehead atoms. The number of sulfonamides is 1. The van der Waals surface area contributed by atoms with Crippen molar-refractivity contribution in [2.75, 3.05) is 12.0 Å². The fourth-order valence-corrected chi connectivity index (χ4v) is 4.55. The third-order valence-corrected chi connectivity index (χ3v) is 6.64. The van der Waals surface area contributed by atoms with Crippen molar-refractivity contribution >= 4 is 51.2 Å². The summed E-state index contributed by atoms with van der Waals surface area (Å²) in [4.78, 5) is 42.4. The number of hydrogen-bond donors (Lipinski definition) is 1. The number of carbonyl (C=O) groups excluding carboxylic acids is 3. The number of benzene rings is 2. The normalized spacial score (nSPS) is 14.5. The van der Waals surface area contributed by atoms with Crippen molar-refractivity contribution in [3.05, 3.63) is 64.7 Å². The van der Waals surface area contributed by atoms with Crippen LogP contribution in [0.3, 0.4) is 0 Å². The molecule has 1 heterocycles. The van der Waals surface area contributed by atoms with Crippen molar-refractivity contribution < 1.29 is 27.6 Å². The number of nitrogens with zero attached hydrogens (tertiary/aromatic N) is 1. The van der Waals surface area contributed by atoms with E-state index >= 15 is 0 Å². The van der Waals surface area contributed by atoms with Gasteiger partial charge in [-0.05, 0) is 54.8 Å². The summed E-state index contributed by atoms with van der Waals surface area (Å²) >= 11 is 7.18. The van der Waals surface area contributed by atoms with Gasteiger partial charge in [0.2, 0.25) is 10.0 Å². The number of amides is 2. The Morgan fingerprint density at radius 1 is 1.10 bits per heavy atom. The van der Waals surface area contributed by atoms with E-state index in [4.69, 9.17) is 16.4 Å². The third kappa shape index (κ3) is 4.67. The Balaban J connectivity index is 1.78. The smallest absolute Gasteiger partial charge is 0.328 e. The number of carbonyl (C=O) groups is 3. The molecule has 0 aliphatic carbocycles. The van der Waals surface area contributed by atoms with Gasteiger partial charge in [0.25, 0.3) is 11.8 Å². The quantitative estimate of drug-likeness (QED) is 0.592. The standard InChI is InChI=1S/C19H17ClN2O6S2/c1-29-11-10-16(21-30(26,27)13-8-6-12(20)7-9-13)19(25)28-22-17(23)14-4-2-3-5-15(14)18(22)24/h2-9,16,21H,10-11H2,1H3. The molecule has 30 heavy (non-hydrogen) atoms. The Kier molecular flexibility index (Phi) is 6.81. The highest BCUT2D eigenvalue weighted by molar-refractivity contribution is 7.98. The summed E-state index contributed by atoms with van der Waals surface area (Å²) in [6.07, 6.45) is 1.89. The van der Waals surface area contributed by atoms with Crippen LogP contribution in [0.2, 0.25) is 5.02 Å². The predicted molar refractivity (Wildman–Crippen MR) is 112 cm³/mol. The topological polar surface area (TPSA) is 110 Å². The number of fused-ring (bicyclic) bond motifs is 1. The fourth-order valence-electron chi connectivity index (χ4n) is 2.73. The van der Waals surface area contributed by atoms with Crippen molar-refractivity contribution in [1.29, 1.82) is 0 Å². The molecule has 0 aromatic heterocycles. The molecule has 2 aromatic rings. The van der Waals surface area contributed by atoms with E-state index in [9.17, 15) is 22.8 Å². The highest BCUT2D eigenvalue weighted by Crippen LogP contribution is 2.23. The van der Waals surface area contributed by atoms with Gasteiger partial charge in [0.1, 0.15) is 6.04 Å². The van der Waals surface area contributed by atoms with Gasteiger partial charge in [-0.2, -0.15) is 16.5 Å². The summed E-state index contributed by atoms with van der Waals surface area (Å²) < 4.78 is 27.6. The number of halogens is 1. The van der Waals surface area contributed by atoms with Crippen molar-refractivity contribution in [3.63, 3.8) is 0 Å². The molecule has 1 aliphatic heterocycles. The molecule has 158 valence electrons. The summed E-state index contributed by atoms with van der Waals surface area (Å²) in [7, 11) is -4.07. The summed E-state index contributed by atoms with van der Waals surface area (Å²) in [5, 5.41) is 0.716. The van der Waals surface area contributed by atoms with Gasteiger partial charge >= 0.3 is 5.97 Å². The van der Waals surface area contributed by atoms with Crippen molar-refractivity contribution in [2.24, 2.45) is 0 Å². The lowest BCUT2D eigenvalue weighted by Gasteiger charge is -2.20. The first-order valence-corrected chi connectivity index (χ1v) is 12.0. The number of hydrogen-bond acceptors (Lipinski definition) is 7. The lowest BCUT2D eigenvalue weighted by atomic mass is 10.1. The Morgan fingerprint density at radius 3 is 2.20 bits per heavy atom. The van der Waals surface area contributed by atoms with Crippen LogP contribution < -0.4 is 4.72 Å². The lowest BCUT2D eigenvalue weighted by molar-refractivity contribution is -0.170. The molecule has 0 radical (unpaired) electrons. The first kappa shape index (κ1) is 22.3. The van der Waals surface area contributed by atoms with Gasteiger partial charge in [0.15, 0.2) is 0 Å². The van der Waals surface area contributed by atoms with Crippen LogP contribution in [0, 0.1) is 0 Å². The van der Waals surface area contributed by atoms with Crippen LogP contribution in [0.1, 0.15) is 27.1 Å². The SMILES string of the molecule is CSCCC(NS(=O)(=O)c1ccc(Cl)cc1)C(=O)ON1C(=O)c2ccccc2C1=O. The van der Waals surface area contributed by atoms with Crippen LogP contribution in [0.4, 0.5) is 0 Å². The predicted octanol–water partition coefficient (Wildman–Crippen LogP) is 2.49. The lowest BCUT2D eigenvalue weighted by Crippen LogP contribution is -2.45. The van der Waals surface area contributed by atoms with Gasteiger partial charge in [-0.25, -0.2) is 13.2 Å². The zero-order valence-corrected chi connectivity index (χ0v) is 18.1. The summed E-state index contributed by atoms with van der Waals surface area (Å²) in [5.41, 5.74) is 0.218. The number of nitrogens with one attached hydrogen (secondary N) is 1. The van der Waals surface area contributed by atoms with Crippen LogP contribution in [0.15, 0.2) is 53.4 Å². The third-order valence-electron chi connectivity index (χ3n) is 4.25. The first-order chi connectivity index (χ1) is 14.2. The molecule has 0 spiro atoms. The molecule has 1 atom stereocenters. The molecule has 11 heteroatoms. The largest absolute Gasteiger partial charge is 0.351 e. The molecular weight excluding hydrogens is 452 g/mol. The molecule has 0 fully saturated rings. The van der Waals surface area contributed by atoms with Crippen molar-refractivity contribution in [2.45, 2.75) is 17.4 Å². The van der Waals surface area contributed by atoms with E-state index in [-0.39, 0.29) is 22.4 Å². The average Bonchev–Trinajstić information content (AvgIpc) is 2.96. The van der Waals surface area contributed by atoms with Gasteiger partial charge in [0, 0.05) is 5.02 Å². The average molecular weight is 469 g/mol. The van der Waals surface area contributed by atoms with Gasteiger partial charge < -0.3 is 4.84 Å². The minimum Gasteiger partial charge on any atom is -0.328 e. The van der Waals surface area contributed by atoms with Crippen LogP contribution in [-0.4, -0.2) is 49.3 Å². The molecule has 0 saturated carbocycles. The van der Waals surface area contributed by atoms with Crippen molar-refractivity contribution in [1.82, 2.24) is 9.79 Å².